The highest BCUT2D eigenvalue weighted by Gasteiger charge is 2.27. The highest BCUT2D eigenvalue weighted by atomic mass is 16.5. The van der Waals surface area contributed by atoms with Crippen LogP contribution in [0, 0.1) is 5.92 Å². The van der Waals surface area contributed by atoms with Gasteiger partial charge in [-0.2, -0.15) is 0 Å². The quantitative estimate of drug-likeness (QED) is 0.488. The van der Waals surface area contributed by atoms with Crippen molar-refractivity contribution in [2.24, 2.45) is 5.92 Å². The molecule has 0 aromatic heterocycles. The number of ether oxygens (including phenoxy) is 1. The van der Waals surface area contributed by atoms with Crippen LogP contribution in [0.15, 0.2) is 24.3 Å². The molecular weight excluding hydrogens is 140 g/mol. The molecule has 0 spiro atoms. The number of allylic oxidation sites excluding steroid dienone is 2. The molecule has 0 N–H and O–H groups in total. The second kappa shape index (κ2) is 2.53. The van der Waals surface area contributed by atoms with E-state index in [4.69, 9.17) is 4.74 Å². The summed E-state index contributed by atoms with van der Waals surface area (Å²) in [5, 5.41) is 0. The van der Waals surface area contributed by atoms with Crippen molar-refractivity contribution in [1.82, 2.24) is 0 Å². The van der Waals surface area contributed by atoms with Crippen LogP contribution in [0.5, 0.6) is 0 Å². The normalized spacial score (nSPS) is 34.7. The molecule has 2 nitrogen and oxygen atoms in total. The zero-order valence-corrected chi connectivity index (χ0v) is 6.19. The summed E-state index contributed by atoms with van der Waals surface area (Å²) in [5.74, 6) is 0.365. The van der Waals surface area contributed by atoms with E-state index in [2.05, 4.69) is 6.08 Å². The second-order valence-electron chi connectivity index (χ2n) is 2.93. The minimum Gasteiger partial charge on any atom is -0.457 e. The molecule has 1 aliphatic carbocycles. The van der Waals surface area contributed by atoms with Crippen LogP contribution >= 0.6 is 0 Å². The van der Waals surface area contributed by atoms with E-state index in [1.807, 2.05) is 18.2 Å². The van der Waals surface area contributed by atoms with E-state index in [1.165, 1.54) is 0 Å². The van der Waals surface area contributed by atoms with E-state index in [0.29, 0.717) is 12.3 Å². The summed E-state index contributed by atoms with van der Waals surface area (Å²) in [6.07, 6.45) is 9.52. The maximum atomic E-state index is 10.8. The largest absolute Gasteiger partial charge is 0.457 e. The maximum Gasteiger partial charge on any atom is 0.306 e. The summed E-state index contributed by atoms with van der Waals surface area (Å²) in [6, 6.07) is 0. The van der Waals surface area contributed by atoms with Gasteiger partial charge in [-0.05, 0) is 12.5 Å². The van der Waals surface area contributed by atoms with E-state index in [9.17, 15) is 4.79 Å². The van der Waals surface area contributed by atoms with Crippen molar-refractivity contribution in [1.29, 1.82) is 0 Å². The summed E-state index contributed by atoms with van der Waals surface area (Å²) in [4.78, 5) is 10.8. The van der Waals surface area contributed by atoms with Crippen LogP contribution in [0.2, 0.25) is 0 Å². The fraction of sp³-hybridized carbons (Fsp3) is 0.444. The molecule has 1 saturated heterocycles. The Morgan fingerprint density at radius 3 is 3.09 bits per heavy atom. The van der Waals surface area contributed by atoms with Crippen LogP contribution in [0.25, 0.3) is 0 Å². The van der Waals surface area contributed by atoms with Gasteiger partial charge in [-0.15, -0.1) is 0 Å². The number of esters is 1. The van der Waals surface area contributed by atoms with Gasteiger partial charge >= 0.3 is 5.97 Å². The Morgan fingerprint density at radius 1 is 1.36 bits per heavy atom. The molecule has 11 heavy (non-hydrogen) atoms. The predicted molar refractivity (Wildman–Crippen MR) is 40.9 cm³/mol. The molecule has 0 amide bonds. The summed E-state index contributed by atoms with van der Waals surface area (Å²) < 4.78 is 5.11. The lowest BCUT2D eigenvalue weighted by atomic mass is 9.91. The molecule has 0 aromatic rings. The van der Waals surface area contributed by atoms with Gasteiger partial charge in [0.05, 0.1) is 0 Å². The third kappa shape index (κ3) is 1.20. The van der Waals surface area contributed by atoms with Crippen molar-refractivity contribution in [3.8, 4) is 0 Å². The maximum absolute atomic E-state index is 10.8. The Balaban J connectivity index is 2.12. The fourth-order valence-electron chi connectivity index (χ4n) is 1.52. The zero-order valence-electron chi connectivity index (χ0n) is 6.19. The molecule has 2 rings (SSSR count). The molecule has 0 saturated carbocycles. The topological polar surface area (TPSA) is 26.3 Å². The molecule has 0 bridgehead atoms. The number of carbonyl (C=O) groups excluding carboxylic acids is 1. The van der Waals surface area contributed by atoms with Crippen LogP contribution in [-0.4, -0.2) is 12.1 Å². The second-order valence-corrected chi connectivity index (χ2v) is 2.93. The van der Waals surface area contributed by atoms with Gasteiger partial charge in [0.1, 0.15) is 6.10 Å². The fourth-order valence-corrected chi connectivity index (χ4v) is 1.52. The molecule has 1 aliphatic heterocycles. The predicted octanol–water partition coefficient (Wildman–Crippen LogP) is 1.43. The summed E-state index contributed by atoms with van der Waals surface area (Å²) >= 11 is 0. The molecule has 1 fully saturated rings. The van der Waals surface area contributed by atoms with Crippen LogP contribution in [-0.2, 0) is 9.53 Å². The monoisotopic (exact) mass is 150 g/mol. The van der Waals surface area contributed by atoms with Gasteiger partial charge in [0.2, 0.25) is 0 Å². The molecule has 0 radical (unpaired) electrons. The third-order valence-electron chi connectivity index (χ3n) is 2.14. The molecule has 1 heterocycles. The van der Waals surface area contributed by atoms with Crippen LogP contribution in [0.3, 0.4) is 0 Å². The van der Waals surface area contributed by atoms with Crippen molar-refractivity contribution < 1.29 is 9.53 Å². The molecule has 2 unspecified atom stereocenters. The van der Waals surface area contributed by atoms with E-state index in [1.54, 1.807) is 0 Å². The summed E-state index contributed by atoms with van der Waals surface area (Å²) in [5.41, 5.74) is 0. The molecule has 2 heteroatoms. The Labute approximate surface area is 65.5 Å². The number of fused-ring (bicyclic) bond motifs is 1. The number of hydrogen-bond donors (Lipinski definition) is 0. The molecule has 0 aromatic carbocycles. The van der Waals surface area contributed by atoms with Gasteiger partial charge in [-0.25, -0.2) is 0 Å². The average Bonchev–Trinajstić information content (AvgIpc) is 2.04. The van der Waals surface area contributed by atoms with Gasteiger partial charge in [0.25, 0.3) is 0 Å². The van der Waals surface area contributed by atoms with Gasteiger partial charge in [-0.3, -0.25) is 4.79 Å². The average molecular weight is 150 g/mol. The summed E-state index contributed by atoms with van der Waals surface area (Å²) in [7, 11) is 0. The Hall–Kier alpha value is -1.05. The first-order valence-corrected chi connectivity index (χ1v) is 3.91. The number of carbonyl (C=O) groups is 1. The lowest BCUT2D eigenvalue weighted by Gasteiger charge is -2.28. The third-order valence-corrected chi connectivity index (χ3v) is 2.14. The van der Waals surface area contributed by atoms with Gasteiger partial charge < -0.3 is 4.74 Å². The molecule has 2 aliphatic rings. The minimum absolute atomic E-state index is 0.0150. The number of hydrogen-bond acceptors (Lipinski definition) is 2. The van der Waals surface area contributed by atoms with Crippen molar-refractivity contribution in [3.63, 3.8) is 0 Å². The first kappa shape index (κ1) is 6.65. The lowest BCUT2D eigenvalue weighted by Crippen LogP contribution is -2.30. The molecular formula is C9H10O2. The van der Waals surface area contributed by atoms with Gasteiger partial charge in [0, 0.05) is 12.3 Å². The standard InChI is InChI=1S/C9H10O2/c10-9-6-5-7-3-1-2-4-8(7)11-9/h1-4,7-8H,5-6H2. The van der Waals surface area contributed by atoms with Crippen molar-refractivity contribution in [2.75, 3.05) is 0 Å². The Kier molecular flexibility index (Phi) is 1.53. The van der Waals surface area contributed by atoms with Crippen LogP contribution in [0.4, 0.5) is 0 Å². The molecule has 2 atom stereocenters. The van der Waals surface area contributed by atoms with Gasteiger partial charge in [-0.1, -0.05) is 18.2 Å². The SMILES string of the molecule is O=C1CCC2C=CC=CC2O1. The molecule has 58 valence electrons. The van der Waals surface area contributed by atoms with Crippen molar-refractivity contribution in [2.45, 2.75) is 18.9 Å². The highest BCUT2D eigenvalue weighted by Crippen LogP contribution is 2.25. The number of rotatable bonds is 0. The Bertz CT molecular complexity index is 228. The van der Waals surface area contributed by atoms with Crippen LogP contribution < -0.4 is 0 Å². The lowest BCUT2D eigenvalue weighted by molar-refractivity contribution is -0.153. The van der Waals surface area contributed by atoms with Crippen molar-refractivity contribution >= 4 is 5.97 Å². The smallest absolute Gasteiger partial charge is 0.306 e. The summed E-state index contributed by atoms with van der Waals surface area (Å²) in [6.45, 7) is 0. The van der Waals surface area contributed by atoms with E-state index in [0.717, 1.165) is 6.42 Å². The first-order chi connectivity index (χ1) is 5.36. The van der Waals surface area contributed by atoms with E-state index in [-0.39, 0.29) is 12.1 Å². The van der Waals surface area contributed by atoms with Crippen molar-refractivity contribution in [3.05, 3.63) is 24.3 Å². The Morgan fingerprint density at radius 2 is 2.18 bits per heavy atom. The van der Waals surface area contributed by atoms with Crippen LogP contribution in [0.1, 0.15) is 12.8 Å². The van der Waals surface area contributed by atoms with E-state index >= 15 is 0 Å². The van der Waals surface area contributed by atoms with E-state index < -0.39 is 0 Å². The zero-order chi connectivity index (χ0) is 7.68. The first-order valence-electron chi connectivity index (χ1n) is 3.91. The highest BCUT2D eigenvalue weighted by molar-refractivity contribution is 5.70. The van der Waals surface area contributed by atoms with Gasteiger partial charge in [0.15, 0.2) is 0 Å². The minimum atomic E-state index is -0.0637.